The van der Waals surface area contributed by atoms with Crippen LogP contribution in [0.4, 0.5) is 0 Å². The van der Waals surface area contributed by atoms with Gasteiger partial charge in [0, 0.05) is 29.7 Å². The van der Waals surface area contributed by atoms with E-state index in [-0.39, 0.29) is 5.54 Å². The number of hydrogen-bond acceptors (Lipinski definition) is 1. The Balaban J connectivity index is 2.09. The Morgan fingerprint density at radius 1 is 1.33 bits per heavy atom. The Hall–Kier alpha value is -1.28. The van der Waals surface area contributed by atoms with Gasteiger partial charge in [-0.15, -0.1) is 0 Å². The van der Waals surface area contributed by atoms with Gasteiger partial charge in [-0.05, 0) is 37.0 Å². The average molecular weight is 200 g/mol. The second-order valence-electron chi connectivity index (χ2n) is 4.82. The van der Waals surface area contributed by atoms with Crippen LogP contribution in [-0.4, -0.2) is 10.1 Å². The van der Waals surface area contributed by atoms with Gasteiger partial charge in [0.25, 0.3) is 0 Å². The minimum atomic E-state index is 0.101. The molecule has 0 atom stereocenters. The van der Waals surface area contributed by atoms with Gasteiger partial charge in [0.1, 0.15) is 0 Å². The van der Waals surface area contributed by atoms with Crippen molar-refractivity contribution in [3.63, 3.8) is 0 Å². The van der Waals surface area contributed by atoms with Crippen LogP contribution in [0.15, 0.2) is 30.5 Å². The number of rotatable bonds is 2. The summed E-state index contributed by atoms with van der Waals surface area (Å²) in [4.78, 5) is 0. The van der Waals surface area contributed by atoms with E-state index in [0.29, 0.717) is 0 Å². The standard InChI is InChI=1S/C13H16N2/c1-15-8-5-11-10(3-2-4-12(11)15)9-13(14)6-7-13/h2-5,8H,6-7,9,14H2,1H3. The Labute approximate surface area is 89.7 Å². The van der Waals surface area contributed by atoms with Crippen molar-refractivity contribution in [3.8, 4) is 0 Å². The van der Waals surface area contributed by atoms with Gasteiger partial charge in [-0.1, -0.05) is 12.1 Å². The summed E-state index contributed by atoms with van der Waals surface area (Å²) in [6.45, 7) is 0. The van der Waals surface area contributed by atoms with E-state index in [1.165, 1.54) is 29.3 Å². The number of fused-ring (bicyclic) bond motifs is 1. The SMILES string of the molecule is Cn1ccc2c(CC3(N)CC3)cccc21. The van der Waals surface area contributed by atoms with Gasteiger partial charge in [0.05, 0.1) is 0 Å². The summed E-state index contributed by atoms with van der Waals surface area (Å²) in [7, 11) is 2.08. The molecule has 3 rings (SSSR count). The second-order valence-corrected chi connectivity index (χ2v) is 4.82. The fourth-order valence-electron chi connectivity index (χ4n) is 2.24. The highest BCUT2D eigenvalue weighted by molar-refractivity contribution is 5.83. The van der Waals surface area contributed by atoms with Crippen LogP contribution in [0.2, 0.25) is 0 Å². The van der Waals surface area contributed by atoms with Gasteiger partial charge in [0.15, 0.2) is 0 Å². The number of hydrogen-bond donors (Lipinski definition) is 1. The largest absolute Gasteiger partial charge is 0.351 e. The molecular weight excluding hydrogens is 184 g/mol. The Kier molecular flexibility index (Phi) is 1.71. The Morgan fingerprint density at radius 2 is 2.13 bits per heavy atom. The third-order valence-corrected chi connectivity index (χ3v) is 3.45. The molecule has 78 valence electrons. The van der Waals surface area contributed by atoms with Crippen LogP contribution in [0.1, 0.15) is 18.4 Å². The molecular formula is C13H16N2. The normalized spacial score (nSPS) is 18.3. The van der Waals surface area contributed by atoms with Crippen LogP contribution in [-0.2, 0) is 13.5 Å². The summed E-state index contributed by atoms with van der Waals surface area (Å²) >= 11 is 0. The van der Waals surface area contributed by atoms with Crippen molar-refractivity contribution >= 4 is 10.9 Å². The van der Waals surface area contributed by atoms with E-state index in [1.807, 2.05) is 0 Å². The monoisotopic (exact) mass is 200 g/mol. The molecule has 0 aliphatic heterocycles. The molecule has 1 heterocycles. The Morgan fingerprint density at radius 3 is 2.87 bits per heavy atom. The summed E-state index contributed by atoms with van der Waals surface area (Å²) in [5.74, 6) is 0. The van der Waals surface area contributed by atoms with Crippen LogP contribution >= 0.6 is 0 Å². The summed E-state index contributed by atoms with van der Waals surface area (Å²) in [5, 5.41) is 1.36. The van der Waals surface area contributed by atoms with Crippen molar-refractivity contribution in [2.45, 2.75) is 24.8 Å². The first kappa shape index (κ1) is 8.98. The van der Waals surface area contributed by atoms with E-state index in [1.54, 1.807) is 0 Å². The minimum absolute atomic E-state index is 0.101. The van der Waals surface area contributed by atoms with Crippen LogP contribution in [0, 0.1) is 0 Å². The fourth-order valence-corrected chi connectivity index (χ4v) is 2.24. The van der Waals surface area contributed by atoms with E-state index in [4.69, 9.17) is 5.73 Å². The molecule has 1 aromatic carbocycles. The van der Waals surface area contributed by atoms with Crippen LogP contribution in [0.5, 0.6) is 0 Å². The highest BCUT2D eigenvalue weighted by Gasteiger charge is 2.38. The molecule has 0 unspecified atom stereocenters. The molecule has 1 aliphatic carbocycles. The summed E-state index contributed by atoms with van der Waals surface area (Å²) in [6.07, 6.45) is 5.49. The van der Waals surface area contributed by atoms with Gasteiger partial charge in [-0.3, -0.25) is 0 Å². The zero-order valence-electron chi connectivity index (χ0n) is 9.03. The van der Waals surface area contributed by atoms with Crippen molar-refractivity contribution < 1.29 is 0 Å². The molecule has 1 aliphatic rings. The second kappa shape index (κ2) is 2.86. The first-order valence-corrected chi connectivity index (χ1v) is 5.50. The molecule has 2 N–H and O–H groups in total. The molecule has 1 saturated carbocycles. The Bertz CT molecular complexity index is 506. The number of nitrogens with zero attached hydrogens (tertiary/aromatic N) is 1. The smallest absolute Gasteiger partial charge is 0.0480 e. The van der Waals surface area contributed by atoms with Gasteiger partial charge in [-0.25, -0.2) is 0 Å². The van der Waals surface area contributed by atoms with Gasteiger partial charge in [-0.2, -0.15) is 0 Å². The van der Waals surface area contributed by atoms with Crippen molar-refractivity contribution in [1.29, 1.82) is 0 Å². The van der Waals surface area contributed by atoms with Crippen molar-refractivity contribution in [2.75, 3.05) is 0 Å². The van der Waals surface area contributed by atoms with E-state index >= 15 is 0 Å². The minimum Gasteiger partial charge on any atom is -0.351 e. The molecule has 2 aromatic rings. The van der Waals surface area contributed by atoms with E-state index in [2.05, 4.69) is 42.1 Å². The maximum Gasteiger partial charge on any atom is 0.0480 e. The van der Waals surface area contributed by atoms with Crippen molar-refractivity contribution in [2.24, 2.45) is 12.8 Å². The van der Waals surface area contributed by atoms with Crippen molar-refractivity contribution in [1.82, 2.24) is 4.57 Å². The molecule has 0 radical (unpaired) electrons. The quantitative estimate of drug-likeness (QED) is 0.791. The predicted octanol–water partition coefficient (Wildman–Crippen LogP) is 2.21. The number of aryl methyl sites for hydroxylation is 1. The lowest BCUT2D eigenvalue weighted by Crippen LogP contribution is -2.24. The van der Waals surface area contributed by atoms with E-state index in [0.717, 1.165) is 6.42 Å². The molecule has 1 aromatic heterocycles. The molecule has 2 nitrogen and oxygen atoms in total. The van der Waals surface area contributed by atoms with Gasteiger partial charge in [0.2, 0.25) is 0 Å². The van der Waals surface area contributed by atoms with Crippen LogP contribution in [0.3, 0.4) is 0 Å². The fraction of sp³-hybridized carbons (Fsp3) is 0.385. The summed E-state index contributed by atoms with van der Waals surface area (Å²) in [6, 6.07) is 8.68. The topological polar surface area (TPSA) is 30.9 Å². The predicted molar refractivity (Wildman–Crippen MR) is 62.8 cm³/mol. The lowest BCUT2D eigenvalue weighted by Gasteiger charge is -2.09. The van der Waals surface area contributed by atoms with Crippen molar-refractivity contribution in [3.05, 3.63) is 36.0 Å². The molecule has 15 heavy (non-hydrogen) atoms. The molecule has 1 fully saturated rings. The zero-order valence-corrected chi connectivity index (χ0v) is 9.03. The first-order valence-electron chi connectivity index (χ1n) is 5.50. The lowest BCUT2D eigenvalue weighted by atomic mass is 10.0. The maximum absolute atomic E-state index is 6.17. The van der Waals surface area contributed by atoms with Crippen LogP contribution in [0.25, 0.3) is 10.9 Å². The lowest BCUT2D eigenvalue weighted by molar-refractivity contribution is 0.675. The third-order valence-electron chi connectivity index (χ3n) is 3.45. The average Bonchev–Trinajstić information content (AvgIpc) is 2.81. The van der Waals surface area contributed by atoms with Gasteiger partial charge < -0.3 is 10.3 Å². The zero-order chi connectivity index (χ0) is 10.5. The first-order chi connectivity index (χ1) is 7.18. The maximum atomic E-state index is 6.17. The highest BCUT2D eigenvalue weighted by Crippen LogP contribution is 2.37. The highest BCUT2D eigenvalue weighted by atomic mass is 14.9. The summed E-state index contributed by atoms with van der Waals surface area (Å²) < 4.78 is 2.16. The number of nitrogens with two attached hydrogens (primary N) is 1. The van der Waals surface area contributed by atoms with E-state index in [9.17, 15) is 0 Å². The van der Waals surface area contributed by atoms with Crippen LogP contribution < -0.4 is 5.73 Å². The number of benzene rings is 1. The van der Waals surface area contributed by atoms with E-state index < -0.39 is 0 Å². The molecule has 0 spiro atoms. The number of aromatic nitrogens is 1. The third kappa shape index (κ3) is 1.45. The summed E-state index contributed by atoms with van der Waals surface area (Å²) in [5.41, 5.74) is 8.97. The molecule has 0 bridgehead atoms. The molecule has 0 amide bonds. The van der Waals surface area contributed by atoms with Gasteiger partial charge >= 0.3 is 0 Å². The molecule has 2 heteroatoms. The molecule has 0 saturated heterocycles.